The highest BCUT2D eigenvalue weighted by atomic mass is 16.5. The predicted molar refractivity (Wildman–Crippen MR) is 82.0 cm³/mol. The minimum Gasteiger partial charge on any atom is -0.376 e. The van der Waals surface area contributed by atoms with Crippen molar-refractivity contribution in [2.45, 2.75) is 38.4 Å². The fraction of sp³-hybridized carbons (Fsp3) is 0.562. The van der Waals surface area contributed by atoms with Gasteiger partial charge in [0.25, 0.3) is 5.91 Å². The van der Waals surface area contributed by atoms with Crippen molar-refractivity contribution < 1.29 is 14.3 Å². The van der Waals surface area contributed by atoms with Gasteiger partial charge in [0, 0.05) is 13.7 Å². The highest BCUT2D eigenvalue weighted by Gasteiger charge is 2.19. The van der Waals surface area contributed by atoms with Crippen LogP contribution in [0.5, 0.6) is 0 Å². The first-order chi connectivity index (χ1) is 10.2. The van der Waals surface area contributed by atoms with Gasteiger partial charge in [-0.2, -0.15) is 0 Å². The minimum atomic E-state index is -0.498. The molecule has 1 fully saturated rings. The maximum absolute atomic E-state index is 12.1. The number of hydrogen-bond donors (Lipinski definition) is 1. The number of carbonyl (C=O) groups is 1. The Morgan fingerprint density at radius 3 is 2.86 bits per heavy atom. The lowest BCUT2D eigenvalue weighted by atomic mass is 10.1. The zero-order chi connectivity index (χ0) is 15.1. The number of hydrogen-bond acceptors (Lipinski definition) is 4. The first-order valence-corrected chi connectivity index (χ1v) is 7.49. The second-order valence-electron chi connectivity index (χ2n) is 5.33. The maximum Gasteiger partial charge on any atom is 0.267 e. The van der Waals surface area contributed by atoms with Crippen molar-refractivity contribution in [3.63, 3.8) is 0 Å². The van der Waals surface area contributed by atoms with E-state index in [0.717, 1.165) is 25.1 Å². The van der Waals surface area contributed by atoms with E-state index >= 15 is 0 Å². The molecule has 5 heteroatoms. The molecule has 2 rings (SSSR count). The van der Waals surface area contributed by atoms with E-state index in [1.54, 1.807) is 11.9 Å². The Morgan fingerprint density at radius 1 is 1.43 bits per heavy atom. The number of nitrogens with one attached hydrogen (secondary N) is 1. The smallest absolute Gasteiger partial charge is 0.267 e. The Hall–Kier alpha value is -1.59. The van der Waals surface area contributed by atoms with E-state index < -0.39 is 6.10 Å². The molecule has 1 aromatic rings. The first-order valence-electron chi connectivity index (χ1n) is 7.49. The Morgan fingerprint density at radius 2 is 2.19 bits per heavy atom. The summed E-state index contributed by atoms with van der Waals surface area (Å²) in [7, 11) is 1.81. The summed E-state index contributed by atoms with van der Waals surface area (Å²) in [6.07, 6.45) is 2.93. The molecule has 2 atom stereocenters. The van der Waals surface area contributed by atoms with Crippen molar-refractivity contribution >= 4 is 11.6 Å². The summed E-state index contributed by atoms with van der Waals surface area (Å²) < 4.78 is 11.2. The van der Waals surface area contributed by atoms with Gasteiger partial charge < -0.3 is 9.47 Å². The number of carbonyl (C=O) groups excluding carboxylic acids is 1. The van der Waals surface area contributed by atoms with Gasteiger partial charge in [0.05, 0.1) is 18.4 Å². The Balaban J connectivity index is 1.74. The third kappa shape index (κ3) is 5.02. The number of benzene rings is 1. The summed E-state index contributed by atoms with van der Waals surface area (Å²) in [5, 5.41) is 1.69. The van der Waals surface area contributed by atoms with Crippen LogP contribution in [0, 0.1) is 0 Å². The third-order valence-electron chi connectivity index (χ3n) is 3.60. The number of anilines is 1. The Kier molecular flexibility index (Phi) is 6.02. The molecule has 0 aliphatic carbocycles. The average molecular weight is 292 g/mol. The maximum atomic E-state index is 12.1. The molecule has 0 radical (unpaired) electrons. The Labute approximate surface area is 126 Å². The van der Waals surface area contributed by atoms with Crippen molar-refractivity contribution in [3.05, 3.63) is 30.3 Å². The van der Waals surface area contributed by atoms with Crippen molar-refractivity contribution in [2.24, 2.45) is 0 Å². The molecule has 0 saturated carbocycles. The second-order valence-corrected chi connectivity index (χ2v) is 5.33. The minimum absolute atomic E-state index is 0.126. The normalized spacial score (nSPS) is 19.8. The number of amides is 1. The molecule has 116 valence electrons. The van der Waals surface area contributed by atoms with Crippen molar-refractivity contribution in [1.82, 2.24) is 5.43 Å². The van der Waals surface area contributed by atoms with Gasteiger partial charge in [-0.25, -0.2) is 0 Å². The molecule has 1 aliphatic heterocycles. The van der Waals surface area contributed by atoms with Crippen LogP contribution < -0.4 is 10.4 Å². The third-order valence-corrected chi connectivity index (χ3v) is 3.60. The van der Waals surface area contributed by atoms with E-state index in [2.05, 4.69) is 5.43 Å². The largest absolute Gasteiger partial charge is 0.376 e. The summed E-state index contributed by atoms with van der Waals surface area (Å²) in [5.74, 6) is -0.155. The molecule has 1 aromatic carbocycles. The molecule has 0 spiro atoms. The van der Waals surface area contributed by atoms with Gasteiger partial charge in [-0.05, 0) is 38.3 Å². The molecule has 1 heterocycles. The number of rotatable bonds is 6. The number of hydrazine groups is 1. The van der Waals surface area contributed by atoms with Gasteiger partial charge >= 0.3 is 0 Å². The molecule has 1 aliphatic rings. The molecular formula is C16H24N2O3. The van der Waals surface area contributed by atoms with Crippen LogP contribution in [0.2, 0.25) is 0 Å². The van der Waals surface area contributed by atoms with E-state index in [0.29, 0.717) is 6.61 Å². The van der Waals surface area contributed by atoms with Gasteiger partial charge in [0.2, 0.25) is 0 Å². The van der Waals surface area contributed by atoms with Crippen molar-refractivity contribution in [2.75, 3.05) is 25.3 Å². The zero-order valence-corrected chi connectivity index (χ0v) is 12.7. The van der Waals surface area contributed by atoms with Gasteiger partial charge in [0.1, 0.15) is 6.10 Å². The lowest BCUT2D eigenvalue weighted by Crippen LogP contribution is -2.45. The monoisotopic (exact) mass is 292 g/mol. The van der Waals surface area contributed by atoms with Crippen molar-refractivity contribution in [1.29, 1.82) is 0 Å². The van der Waals surface area contributed by atoms with E-state index in [9.17, 15) is 4.79 Å². The molecule has 1 N–H and O–H groups in total. The first kappa shape index (κ1) is 15.8. The summed E-state index contributed by atoms with van der Waals surface area (Å²) in [6.45, 7) is 3.03. The number of para-hydroxylation sites is 1. The van der Waals surface area contributed by atoms with Crippen LogP contribution in [-0.2, 0) is 14.3 Å². The van der Waals surface area contributed by atoms with Crippen LogP contribution in [-0.4, -0.2) is 38.4 Å². The summed E-state index contributed by atoms with van der Waals surface area (Å²) >= 11 is 0. The van der Waals surface area contributed by atoms with Crippen LogP contribution in [0.3, 0.4) is 0 Å². The lowest BCUT2D eigenvalue weighted by molar-refractivity contribution is -0.135. The summed E-state index contributed by atoms with van der Waals surface area (Å²) in [6, 6.07) is 9.66. The summed E-state index contributed by atoms with van der Waals surface area (Å²) in [5.41, 5.74) is 3.74. The second kappa shape index (κ2) is 8.00. The highest BCUT2D eigenvalue weighted by Crippen LogP contribution is 2.13. The van der Waals surface area contributed by atoms with Crippen molar-refractivity contribution in [3.8, 4) is 0 Å². The molecular weight excluding hydrogens is 268 g/mol. The molecule has 1 amide bonds. The fourth-order valence-electron chi connectivity index (χ4n) is 2.24. The Bertz CT molecular complexity index is 432. The van der Waals surface area contributed by atoms with Gasteiger partial charge in [-0.1, -0.05) is 18.2 Å². The predicted octanol–water partition coefficient (Wildman–Crippen LogP) is 2.13. The van der Waals surface area contributed by atoms with Crippen LogP contribution in [0.4, 0.5) is 5.69 Å². The SMILES string of the molecule is C[C@@H](OC[C@@H]1CCCCO1)C(=O)NN(C)c1ccccc1. The van der Waals surface area contributed by atoms with Crippen LogP contribution in [0.15, 0.2) is 30.3 Å². The van der Waals surface area contributed by atoms with E-state index in [-0.39, 0.29) is 12.0 Å². The average Bonchev–Trinajstić information content (AvgIpc) is 2.54. The van der Waals surface area contributed by atoms with Crippen LogP contribution in [0.25, 0.3) is 0 Å². The summed E-state index contributed by atoms with van der Waals surface area (Å²) in [4.78, 5) is 12.1. The standard InChI is InChI=1S/C16H24N2O3/c1-13(21-12-15-10-6-7-11-20-15)16(19)17-18(2)14-8-4-3-5-9-14/h3-5,8-9,13,15H,6-7,10-12H2,1-2H3,(H,17,19)/t13-,15+/m1/s1. The van der Waals surface area contributed by atoms with Crippen LogP contribution in [0.1, 0.15) is 26.2 Å². The van der Waals surface area contributed by atoms with Gasteiger partial charge in [0.15, 0.2) is 0 Å². The number of ether oxygens (including phenoxy) is 2. The fourth-order valence-corrected chi connectivity index (χ4v) is 2.24. The van der Waals surface area contributed by atoms with Crippen LogP contribution >= 0.6 is 0 Å². The topological polar surface area (TPSA) is 50.8 Å². The van der Waals surface area contributed by atoms with Gasteiger partial charge in [-0.3, -0.25) is 15.2 Å². The molecule has 0 unspecified atom stereocenters. The molecule has 0 bridgehead atoms. The number of nitrogens with zero attached hydrogens (tertiary/aromatic N) is 1. The lowest BCUT2D eigenvalue weighted by Gasteiger charge is -2.25. The highest BCUT2D eigenvalue weighted by molar-refractivity contribution is 5.81. The molecule has 5 nitrogen and oxygen atoms in total. The quantitative estimate of drug-likeness (QED) is 0.816. The van der Waals surface area contributed by atoms with Gasteiger partial charge in [-0.15, -0.1) is 0 Å². The zero-order valence-electron chi connectivity index (χ0n) is 12.7. The molecule has 1 saturated heterocycles. The van der Waals surface area contributed by atoms with E-state index in [1.807, 2.05) is 37.4 Å². The molecule has 0 aromatic heterocycles. The molecule has 21 heavy (non-hydrogen) atoms. The van der Waals surface area contributed by atoms with E-state index in [4.69, 9.17) is 9.47 Å². The van der Waals surface area contributed by atoms with E-state index in [1.165, 1.54) is 6.42 Å².